The minimum atomic E-state index is 0. The first-order chi connectivity index (χ1) is 26.3. The largest absolute Gasteiger partial charge is 0.300 e. The molecule has 0 fully saturated rings. The van der Waals surface area contributed by atoms with Crippen molar-refractivity contribution in [1.82, 2.24) is 0 Å². The third kappa shape index (κ3) is 18.0. The molecule has 56 heavy (non-hydrogen) atoms. The van der Waals surface area contributed by atoms with Gasteiger partial charge in [0.1, 0.15) is 17.3 Å². The van der Waals surface area contributed by atoms with Crippen molar-refractivity contribution in [2.75, 3.05) is 0 Å². The molecule has 290 valence electrons. The Labute approximate surface area is 360 Å². The molecule has 6 aromatic rings. The van der Waals surface area contributed by atoms with Gasteiger partial charge >= 0.3 is 0 Å². The van der Waals surface area contributed by atoms with Gasteiger partial charge in [0, 0.05) is 60.1 Å². The van der Waals surface area contributed by atoms with Gasteiger partial charge < -0.3 is 0 Å². The molecule has 0 saturated carbocycles. The first-order valence-electron chi connectivity index (χ1n) is 18.2. The molecule has 6 aromatic carbocycles. The number of allylic oxidation sites excluding steroid dienone is 3. The van der Waals surface area contributed by atoms with Gasteiger partial charge in [0.15, 0.2) is 0 Å². The van der Waals surface area contributed by atoms with E-state index in [1.54, 1.807) is 20.8 Å². The van der Waals surface area contributed by atoms with Crippen LogP contribution < -0.4 is 0 Å². The first-order valence-corrected chi connectivity index (χ1v) is 18.2. The minimum absolute atomic E-state index is 0. The van der Waals surface area contributed by atoms with E-state index < -0.39 is 0 Å². The van der Waals surface area contributed by atoms with Crippen molar-refractivity contribution in [2.24, 2.45) is 0 Å². The van der Waals surface area contributed by atoms with Crippen LogP contribution in [0.25, 0.3) is 34.9 Å². The molecule has 0 aliphatic rings. The predicted octanol–water partition coefficient (Wildman–Crippen LogP) is 12.6. The van der Waals surface area contributed by atoms with Gasteiger partial charge in [-0.25, -0.2) is 0 Å². The number of carbonyl (C=O) groups excluding carboxylic acids is 3. The maximum Gasteiger partial charge on any atom is 0.134 e. The number of Topliss-reactive ketones (excluding diaryl/α,β-unsaturated/α-hetero) is 3. The molecule has 0 unspecified atom stereocenters. The predicted molar refractivity (Wildman–Crippen MR) is 228 cm³/mol. The molecule has 5 heteroatoms. The quantitative estimate of drug-likeness (QED) is 0.0908. The molecule has 0 heterocycles. The molecule has 0 N–H and O–H groups in total. The summed E-state index contributed by atoms with van der Waals surface area (Å²) in [5.41, 5.74) is 9.88. The van der Waals surface area contributed by atoms with Crippen LogP contribution in [-0.4, -0.2) is 17.3 Å². The Bertz CT molecular complexity index is 1880. The number of rotatable bonds is 12. The van der Waals surface area contributed by atoms with Crippen LogP contribution >= 0.6 is 0 Å². The van der Waals surface area contributed by atoms with Crippen LogP contribution in [0.15, 0.2) is 182 Å². The fourth-order valence-corrected chi connectivity index (χ4v) is 5.72. The van der Waals surface area contributed by atoms with Crippen molar-refractivity contribution in [2.45, 2.75) is 40.0 Å². The zero-order valence-electron chi connectivity index (χ0n) is 32.0. The van der Waals surface area contributed by atoms with Gasteiger partial charge in [-0.2, -0.15) is 0 Å². The van der Waals surface area contributed by atoms with Crippen molar-refractivity contribution in [3.05, 3.63) is 215 Å². The van der Waals surface area contributed by atoms with Crippen molar-refractivity contribution in [3.63, 3.8) is 0 Å². The van der Waals surface area contributed by atoms with Crippen LogP contribution in [-0.2, 0) is 55.2 Å². The second-order valence-corrected chi connectivity index (χ2v) is 13.0. The van der Waals surface area contributed by atoms with Crippen LogP contribution in [0.2, 0.25) is 0 Å². The van der Waals surface area contributed by atoms with Gasteiger partial charge in [0.25, 0.3) is 0 Å². The van der Waals surface area contributed by atoms with E-state index in [0.29, 0.717) is 19.3 Å². The molecule has 0 aromatic heterocycles. The van der Waals surface area contributed by atoms with Crippen molar-refractivity contribution < 1.29 is 55.2 Å². The van der Waals surface area contributed by atoms with E-state index in [1.807, 2.05) is 182 Å². The van der Waals surface area contributed by atoms with Crippen LogP contribution in [0.5, 0.6) is 0 Å². The van der Waals surface area contributed by atoms with E-state index in [2.05, 4.69) is 18.2 Å². The average Bonchev–Trinajstić information content (AvgIpc) is 3.19. The first kappa shape index (κ1) is 47.0. The summed E-state index contributed by atoms with van der Waals surface area (Å²) in [4.78, 5) is 34.1. The minimum Gasteiger partial charge on any atom is -0.300 e. The summed E-state index contributed by atoms with van der Waals surface area (Å²) in [6.45, 7) is 4.88. The summed E-state index contributed by atoms with van der Waals surface area (Å²) in [7, 11) is 0. The number of hydrogen-bond acceptors (Lipinski definition) is 3. The third-order valence-corrected chi connectivity index (χ3v) is 8.17. The Hall–Kier alpha value is -5.13. The van der Waals surface area contributed by atoms with E-state index in [1.165, 1.54) is 0 Å². The molecule has 0 aliphatic heterocycles. The Balaban J connectivity index is 0.000000285. The van der Waals surface area contributed by atoms with Gasteiger partial charge in [-0.05, 0) is 70.9 Å². The third-order valence-electron chi connectivity index (χ3n) is 8.17. The molecular weight excluding hydrogens is 873 g/mol. The Kier molecular flexibility index (Phi) is 22.4. The molecule has 0 spiro atoms. The summed E-state index contributed by atoms with van der Waals surface area (Å²) >= 11 is 0. The van der Waals surface area contributed by atoms with E-state index in [0.717, 1.165) is 50.1 Å². The van der Waals surface area contributed by atoms with Crippen LogP contribution in [0.4, 0.5) is 0 Å². The maximum absolute atomic E-state index is 11.4. The summed E-state index contributed by atoms with van der Waals surface area (Å²) in [5, 5.41) is 0. The molecule has 0 atom stereocenters. The van der Waals surface area contributed by atoms with E-state index in [-0.39, 0.29) is 58.2 Å². The molecule has 0 radical (unpaired) electrons. The van der Waals surface area contributed by atoms with E-state index in [9.17, 15) is 14.4 Å². The van der Waals surface area contributed by atoms with E-state index in [4.69, 9.17) is 0 Å². The van der Waals surface area contributed by atoms with Gasteiger partial charge in [-0.1, -0.05) is 200 Å². The topological polar surface area (TPSA) is 51.2 Å². The maximum atomic E-state index is 11.4. The SMILES string of the molecule is CC(=O)CC(=Cc1ccccc1)c1ccccc1.CC(=O)CC(=Cc1ccccc1)c1ccccc1.CC(=O)CC(=Cc1ccccc1)c1ccccc1.[Pd].[Pd]. The Morgan fingerprint density at radius 1 is 0.321 bits per heavy atom. The molecule has 0 saturated heterocycles. The van der Waals surface area contributed by atoms with Crippen LogP contribution in [0, 0.1) is 0 Å². The number of ketones is 3. The molecule has 3 nitrogen and oxygen atoms in total. The van der Waals surface area contributed by atoms with Gasteiger partial charge in [-0.3, -0.25) is 14.4 Å². The van der Waals surface area contributed by atoms with E-state index >= 15 is 0 Å². The number of carbonyl (C=O) groups is 3. The second kappa shape index (κ2) is 26.6. The fourth-order valence-electron chi connectivity index (χ4n) is 5.72. The molecule has 6 rings (SSSR count). The Morgan fingerprint density at radius 3 is 0.679 bits per heavy atom. The van der Waals surface area contributed by atoms with Gasteiger partial charge in [0.05, 0.1) is 0 Å². The Morgan fingerprint density at radius 2 is 0.500 bits per heavy atom. The fraction of sp³-hybridized carbons (Fsp3) is 0.118. The van der Waals surface area contributed by atoms with Crippen molar-refractivity contribution >= 4 is 52.3 Å². The summed E-state index contributed by atoms with van der Waals surface area (Å²) in [6, 6.07) is 60.4. The van der Waals surface area contributed by atoms with Crippen LogP contribution in [0.3, 0.4) is 0 Å². The summed E-state index contributed by atoms with van der Waals surface area (Å²) in [6.07, 6.45) is 7.65. The normalized spacial score (nSPS) is 10.9. The monoisotopic (exact) mass is 920 g/mol. The van der Waals surface area contributed by atoms with Gasteiger partial charge in [0.2, 0.25) is 0 Å². The standard InChI is InChI=1S/3C17H16O.2Pd/c3*1-14(18)12-17(16-10-6-3-7-11-16)13-15-8-4-2-5-9-15;;/h3*2-11,13H,12H2,1H3;;. The van der Waals surface area contributed by atoms with Crippen molar-refractivity contribution in [1.29, 1.82) is 0 Å². The zero-order chi connectivity index (χ0) is 38.4. The zero-order valence-corrected chi connectivity index (χ0v) is 35.1. The molecule has 0 amide bonds. The number of hydrogen-bond donors (Lipinski definition) is 0. The number of benzene rings is 6. The average molecular weight is 922 g/mol. The van der Waals surface area contributed by atoms with Crippen LogP contribution in [0.1, 0.15) is 73.4 Å². The smallest absolute Gasteiger partial charge is 0.134 e. The van der Waals surface area contributed by atoms with Crippen molar-refractivity contribution in [3.8, 4) is 0 Å². The summed E-state index contributed by atoms with van der Waals surface area (Å²) in [5.74, 6) is 0.545. The molecular formula is C51H48O3Pd2. The van der Waals surface area contributed by atoms with Gasteiger partial charge in [-0.15, -0.1) is 0 Å². The summed E-state index contributed by atoms with van der Waals surface area (Å²) < 4.78 is 0. The second-order valence-electron chi connectivity index (χ2n) is 13.0. The molecule has 0 bridgehead atoms. The molecule has 0 aliphatic carbocycles.